The molecule has 2 rings (SSSR count). The van der Waals surface area contributed by atoms with Gasteiger partial charge in [0, 0.05) is 10.1 Å². The molecule has 0 saturated heterocycles. The Balaban J connectivity index is 1.59. The van der Waals surface area contributed by atoms with Crippen molar-refractivity contribution in [2.75, 3.05) is 19.7 Å². The number of hydrogen-bond donors (Lipinski definition) is 2. The number of halogens is 1. The third-order valence-corrected chi connectivity index (χ3v) is 3.93. The van der Waals surface area contributed by atoms with Crippen LogP contribution < -0.4 is 15.4 Å². The number of amides is 2. The van der Waals surface area contributed by atoms with Crippen molar-refractivity contribution < 1.29 is 14.3 Å². The van der Waals surface area contributed by atoms with E-state index in [1.807, 2.05) is 42.5 Å². The second-order valence-electron chi connectivity index (χ2n) is 5.10. The standard InChI is InChI=1S/C18H19IN2O3/c19-15-6-8-16(9-7-15)24-13-18(23)21-12-17(22)20-11-10-14-4-2-1-3-5-14/h1-9H,10-13H2,(H,20,22)(H,21,23). The maximum Gasteiger partial charge on any atom is 0.258 e. The molecule has 2 aromatic rings. The molecule has 0 fully saturated rings. The van der Waals surface area contributed by atoms with E-state index in [9.17, 15) is 9.59 Å². The molecule has 0 unspecified atom stereocenters. The summed E-state index contributed by atoms with van der Waals surface area (Å²) in [7, 11) is 0. The molecule has 0 bridgehead atoms. The molecule has 24 heavy (non-hydrogen) atoms. The summed E-state index contributed by atoms with van der Waals surface area (Å²) in [5.74, 6) is 0.0817. The minimum absolute atomic E-state index is 0.0519. The van der Waals surface area contributed by atoms with E-state index < -0.39 is 0 Å². The Morgan fingerprint density at radius 3 is 2.33 bits per heavy atom. The van der Waals surface area contributed by atoms with Crippen LogP contribution >= 0.6 is 22.6 Å². The lowest BCUT2D eigenvalue weighted by atomic mass is 10.1. The lowest BCUT2D eigenvalue weighted by molar-refractivity contribution is -0.127. The van der Waals surface area contributed by atoms with Gasteiger partial charge in [-0.3, -0.25) is 9.59 Å². The fourth-order valence-corrected chi connectivity index (χ4v) is 2.32. The Morgan fingerprint density at radius 2 is 1.62 bits per heavy atom. The molecule has 0 heterocycles. The van der Waals surface area contributed by atoms with Gasteiger partial charge in [0.1, 0.15) is 5.75 Å². The third-order valence-electron chi connectivity index (χ3n) is 3.21. The Kier molecular flexibility index (Phi) is 7.54. The van der Waals surface area contributed by atoms with Crippen LogP contribution in [0.15, 0.2) is 54.6 Å². The van der Waals surface area contributed by atoms with E-state index in [0.29, 0.717) is 12.3 Å². The lowest BCUT2D eigenvalue weighted by Crippen LogP contribution is -2.39. The summed E-state index contributed by atoms with van der Waals surface area (Å²) in [4.78, 5) is 23.3. The van der Waals surface area contributed by atoms with Crippen LogP contribution in [0.3, 0.4) is 0 Å². The Labute approximate surface area is 154 Å². The fraction of sp³-hybridized carbons (Fsp3) is 0.222. The van der Waals surface area contributed by atoms with Crippen LogP contribution in [-0.2, 0) is 16.0 Å². The molecule has 2 amide bonds. The highest BCUT2D eigenvalue weighted by molar-refractivity contribution is 14.1. The molecule has 126 valence electrons. The van der Waals surface area contributed by atoms with Crippen LogP contribution in [0.25, 0.3) is 0 Å². The molecule has 2 aromatic carbocycles. The quantitative estimate of drug-likeness (QED) is 0.621. The van der Waals surface area contributed by atoms with Crippen LogP contribution in [0, 0.1) is 3.57 Å². The van der Waals surface area contributed by atoms with E-state index in [0.717, 1.165) is 15.6 Å². The molecule has 0 aliphatic heterocycles. The molecule has 0 aromatic heterocycles. The van der Waals surface area contributed by atoms with Crippen molar-refractivity contribution in [3.63, 3.8) is 0 Å². The number of carbonyl (C=O) groups is 2. The molecule has 0 spiro atoms. The van der Waals surface area contributed by atoms with Crippen LogP contribution in [0.2, 0.25) is 0 Å². The van der Waals surface area contributed by atoms with Gasteiger partial charge in [-0.25, -0.2) is 0 Å². The molecular formula is C18H19IN2O3. The highest BCUT2D eigenvalue weighted by atomic mass is 127. The van der Waals surface area contributed by atoms with E-state index in [-0.39, 0.29) is 25.0 Å². The summed E-state index contributed by atoms with van der Waals surface area (Å²) in [6.07, 6.45) is 0.760. The topological polar surface area (TPSA) is 67.4 Å². The zero-order chi connectivity index (χ0) is 17.2. The van der Waals surface area contributed by atoms with Crippen LogP contribution in [-0.4, -0.2) is 31.5 Å². The summed E-state index contributed by atoms with van der Waals surface area (Å²) in [5, 5.41) is 5.31. The van der Waals surface area contributed by atoms with Gasteiger partial charge in [0.2, 0.25) is 5.91 Å². The van der Waals surface area contributed by atoms with E-state index in [1.165, 1.54) is 0 Å². The van der Waals surface area contributed by atoms with E-state index >= 15 is 0 Å². The number of nitrogens with one attached hydrogen (secondary N) is 2. The van der Waals surface area contributed by atoms with Crippen LogP contribution in [0.1, 0.15) is 5.56 Å². The maximum absolute atomic E-state index is 11.7. The first-order chi connectivity index (χ1) is 11.6. The number of rotatable bonds is 8. The summed E-state index contributed by atoms with van der Waals surface area (Å²) >= 11 is 2.19. The van der Waals surface area contributed by atoms with Gasteiger partial charge < -0.3 is 15.4 Å². The molecule has 0 radical (unpaired) electrons. The SMILES string of the molecule is O=C(CNC(=O)COc1ccc(I)cc1)NCCc1ccccc1. The number of hydrogen-bond acceptors (Lipinski definition) is 3. The predicted octanol–water partition coefficient (Wildman–Crippen LogP) is 2.15. The monoisotopic (exact) mass is 438 g/mol. The molecule has 0 aliphatic rings. The van der Waals surface area contributed by atoms with Crippen molar-refractivity contribution in [3.8, 4) is 5.75 Å². The van der Waals surface area contributed by atoms with Crippen molar-refractivity contribution in [2.24, 2.45) is 0 Å². The molecule has 0 aliphatic carbocycles. The first-order valence-electron chi connectivity index (χ1n) is 7.59. The van der Waals surface area contributed by atoms with Gasteiger partial charge in [0.25, 0.3) is 5.91 Å². The fourth-order valence-electron chi connectivity index (χ4n) is 1.96. The van der Waals surface area contributed by atoms with Crippen LogP contribution in [0.4, 0.5) is 0 Å². The van der Waals surface area contributed by atoms with Gasteiger partial charge in [0.05, 0.1) is 6.54 Å². The van der Waals surface area contributed by atoms with Gasteiger partial charge in [-0.2, -0.15) is 0 Å². The maximum atomic E-state index is 11.7. The largest absolute Gasteiger partial charge is 0.484 e. The van der Waals surface area contributed by atoms with Crippen molar-refractivity contribution in [1.82, 2.24) is 10.6 Å². The second-order valence-corrected chi connectivity index (χ2v) is 6.35. The first kappa shape index (κ1) is 18.3. The lowest BCUT2D eigenvalue weighted by Gasteiger charge is -2.08. The Bertz CT molecular complexity index is 660. The van der Waals surface area contributed by atoms with Gasteiger partial charge in [-0.1, -0.05) is 30.3 Å². The normalized spacial score (nSPS) is 10.0. The van der Waals surface area contributed by atoms with Gasteiger partial charge in [-0.05, 0) is 58.8 Å². The summed E-state index contributed by atoms with van der Waals surface area (Å²) in [6, 6.07) is 17.3. The zero-order valence-electron chi connectivity index (χ0n) is 13.1. The Hall–Kier alpha value is -2.09. The average molecular weight is 438 g/mol. The molecule has 0 atom stereocenters. The number of benzene rings is 2. The average Bonchev–Trinajstić information content (AvgIpc) is 2.60. The molecule has 5 nitrogen and oxygen atoms in total. The molecule has 2 N–H and O–H groups in total. The molecular weight excluding hydrogens is 419 g/mol. The van der Waals surface area contributed by atoms with E-state index in [2.05, 4.69) is 33.2 Å². The minimum atomic E-state index is -0.327. The van der Waals surface area contributed by atoms with E-state index in [1.54, 1.807) is 12.1 Å². The first-order valence-corrected chi connectivity index (χ1v) is 8.67. The highest BCUT2D eigenvalue weighted by Gasteiger charge is 2.06. The van der Waals surface area contributed by atoms with Crippen molar-refractivity contribution in [3.05, 3.63) is 63.7 Å². The van der Waals surface area contributed by atoms with Crippen molar-refractivity contribution in [2.45, 2.75) is 6.42 Å². The Morgan fingerprint density at radius 1 is 0.917 bits per heavy atom. The van der Waals surface area contributed by atoms with E-state index in [4.69, 9.17) is 4.74 Å². The zero-order valence-corrected chi connectivity index (χ0v) is 15.3. The number of carbonyl (C=O) groups excluding carboxylic acids is 2. The minimum Gasteiger partial charge on any atom is -0.484 e. The van der Waals surface area contributed by atoms with Gasteiger partial charge in [0.15, 0.2) is 6.61 Å². The number of ether oxygens (including phenoxy) is 1. The molecule has 0 saturated carbocycles. The van der Waals surface area contributed by atoms with Crippen molar-refractivity contribution >= 4 is 34.4 Å². The molecule has 6 heteroatoms. The summed E-state index contributed by atoms with van der Waals surface area (Å²) < 4.78 is 6.44. The van der Waals surface area contributed by atoms with Crippen molar-refractivity contribution in [1.29, 1.82) is 0 Å². The second kappa shape index (κ2) is 9.92. The van der Waals surface area contributed by atoms with Gasteiger partial charge in [-0.15, -0.1) is 0 Å². The van der Waals surface area contributed by atoms with Gasteiger partial charge >= 0.3 is 0 Å². The summed E-state index contributed by atoms with van der Waals surface area (Å²) in [5.41, 5.74) is 1.16. The smallest absolute Gasteiger partial charge is 0.258 e. The highest BCUT2D eigenvalue weighted by Crippen LogP contribution is 2.13. The third kappa shape index (κ3) is 6.99. The predicted molar refractivity (Wildman–Crippen MR) is 101 cm³/mol. The van der Waals surface area contributed by atoms with Crippen LogP contribution in [0.5, 0.6) is 5.75 Å². The summed E-state index contributed by atoms with van der Waals surface area (Å²) in [6.45, 7) is 0.374.